The van der Waals surface area contributed by atoms with Crippen molar-refractivity contribution < 1.29 is 14.2 Å². The smallest absolute Gasteiger partial charge is 0.252 e. The zero-order chi connectivity index (χ0) is 11.7. The number of pyridine rings is 1. The number of fused-ring (bicyclic) bond motifs is 1. The van der Waals surface area contributed by atoms with Crippen LogP contribution in [0.1, 0.15) is 6.92 Å². The summed E-state index contributed by atoms with van der Waals surface area (Å²) < 4.78 is 18.9. The van der Waals surface area contributed by atoms with Crippen LogP contribution >= 0.6 is 22.9 Å². The van der Waals surface area contributed by atoms with Gasteiger partial charge in [0.2, 0.25) is 0 Å². The molecule has 0 saturated heterocycles. The minimum absolute atomic E-state index is 0.144. The standard InChI is InChI=1S/C9H8ClFN2O2S/c1-4(3-14)15-7-5(11)2-6-8(13-7)16-9(10)12-6/h2,4,14H,3H2,1H3. The summed E-state index contributed by atoms with van der Waals surface area (Å²) in [6, 6.07) is 1.21. The fourth-order valence-electron chi connectivity index (χ4n) is 1.11. The summed E-state index contributed by atoms with van der Waals surface area (Å²) in [6.45, 7) is 1.41. The molecule has 1 atom stereocenters. The predicted molar refractivity (Wildman–Crippen MR) is 59.6 cm³/mol. The van der Waals surface area contributed by atoms with E-state index in [0.717, 1.165) is 11.3 Å². The number of ether oxygens (including phenoxy) is 1. The Balaban J connectivity index is 2.41. The van der Waals surface area contributed by atoms with Crippen molar-refractivity contribution in [2.45, 2.75) is 13.0 Å². The maximum Gasteiger partial charge on any atom is 0.252 e. The Labute approximate surface area is 99.7 Å². The molecule has 0 radical (unpaired) electrons. The molecular formula is C9H8ClFN2O2S. The van der Waals surface area contributed by atoms with Crippen molar-refractivity contribution in [2.75, 3.05) is 6.61 Å². The van der Waals surface area contributed by atoms with E-state index in [9.17, 15) is 4.39 Å². The van der Waals surface area contributed by atoms with Gasteiger partial charge in [-0.25, -0.2) is 9.37 Å². The Morgan fingerprint density at radius 2 is 2.38 bits per heavy atom. The summed E-state index contributed by atoms with van der Waals surface area (Å²) in [7, 11) is 0. The molecule has 0 fully saturated rings. The molecule has 2 aromatic heterocycles. The molecule has 0 aliphatic rings. The first-order valence-electron chi connectivity index (χ1n) is 4.50. The van der Waals surface area contributed by atoms with Crippen LogP contribution < -0.4 is 4.74 Å². The van der Waals surface area contributed by atoms with Crippen molar-refractivity contribution in [3.05, 3.63) is 16.4 Å². The zero-order valence-electron chi connectivity index (χ0n) is 8.28. The first-order valence-corrected chi connectivity index (χ1v) is 5.69. The molecule has 2 rings (SSSR count). The molecule has 0 saturated carbocycles. The lowest BCUT2D eigenvalue weighted by atomic mass is 10.4. The van der Waals surface area contributed by atoms with E-state index in [2.05, 4.69) is 9.97 Å². The van der Waals surface area contributed by atoms with Crippen LogP contribution in [0.15, 0.2) is 6.07 Å². The average molecular weight is 263 g/mol. The zero-order valence-corrected chi connectivity index (χ0v) is 9.85. The van der Waals surface area contributed by atoms with Gasteiger partial charge in [0.25, 0.3) is 5.88 Å². The van der Waals surface area contributed by atoms with Crippen molar-refractivity contribution in [1.82, 2.24) is 9.97 Å². The molecule has 4 nitrogen and oxygen atoms in total. The third-order valence-corrected chi connectivity index (χ3v) is 2.92. The number of aromatic nitrogens is 2. The van der Waals surface area contributed by atoms with E-state index in [4.69, 9.17) is 21.4 Å². The van der Waals surface area contributed by atoms with Gasteiger partial charge in [0.05, 0.1) is 6.61 Å². The third-order valence-electron chi connectivity index (χ3n) is 1.85. The van der Waals surface area contributed by atoms with Gasteiger partial charge in [-0.05, 0) is 6.92 Å². The molecule has 0 amide bonds. The number of aliphatic hydroxyl groups excluding tert-OH is 1. The Hall–Kier alpha value is -0.980. The second kappa shape index (κ2) is 4.48. The SMILES string of the molecule is CC(CO)Oc1nc2sc(Cl)nc2cc1F. The summed E-state index contributed by atoms with van der Waals surface area (Å²) in [4.78, 5) is 8.34. The fourth-order valence-corrected chi connectivity index (χ4v) is 2.06. The molecule has 1 unspecified atom stereocenters. The molecule has 0 aromatic carbocycles. The molecule has 86 valence electrons. The molecular weight excluding hydrogens is 255 g/mol. The summed E-state index contributed by atoms with van der Waals surface area (Å²) in [6.07, 6.45) is -0.511. The largest absolute Gasteiger partial charge is 0.470 e. The van der Waals surface area contributed by atoms with Gasteiger partial charge in [-0.1, -0.05) is 22.9 Å². The lowest BCUT2D eigenvalue weighted by molar-refractivity contribution is 0.121. The van der Waals surface area contributed by atoms with E-state index in [1.807, 2.05) is 0 Å². The van der Waals surface area contributed by atoms with Crippen molar-refractivity contribution in [2.24, 2.45) is 0 Å². The van der Waals surface area contributed by atoms with Gasteiger partial charge in [0, 0.05) is 6.07 Å². The van der Waals surface area contributed by atoms with E-state index in [1.165, 1.54) is 6.07 Å². The highest BCUT2D eigenvalue weighted by atomic mass is 35.5. The topological polar surface area (TPSA) is 55.2 Å². The van der Waals surface area contributed by atoms with Crippen LogP contribution in [0, 0.1) is 5.82 Å². The third kappa shape index (κ3) is 2.23. The second-order valence-corrected chi connectivity index (χ2v) is 4.74. The number of hydrogen-bond acceptors (Lipinski definition) is 5. The number of nitrogens with zero attached hydrogens (tertiary/aromatic N) is 2. The van der Waals surface area contributed by atoms with Crippen LogP contribution in [0.3, 0.4) is 0 Å². The molecule has 16 heavy (non-hydrogen) atoms. The monoisotopic (exact) mass is 262 g/mol. The van der Waals surface area contributed by atoms with Crippen LogP contribution in [-0.4, -0.2) is 27.8 Å². The number of halogens is 2. The van der Waals surface area contributed by atoms with Crippen LogP contribution in [0.5, 0.6) is 5.88 Å². The lowest BCUT2D eigenvalue weighted by Gasteiger charge is -2.10. The van der Waals surface area contributed by atoms with Gasteiger partial charge >= 0.3 is 0 Å². The highest BCUT2D eigenvalue weighted by Gasteiger charge is 2.13. The molecule has 1 N–H and O–H groups in total. The van der Waals surface area contributed by atoms with Gasteiger partial charge in [-0.15, -0.1) is 0 Å². The first kappa shape index (κ1) is 11.5. The van der Waals surface area contributed by atoms with Gasteiger partial charge in [-0.2, -0.15) is 4.98 Å². The van der Waals surface area contributed by atoms with Gasteiger partial charge < -0.3 is 9.84 Å². The van der Waals surface area contributed by atoms with Gasteiger partial charge in [0.1, 0.15) is 16.5 Å². The summed E-state index contributed by atoms with van der Waals surface area (Å²) in [5.41, 5.74) is 0.400. The molecule has 7 heteroatoms. The van der Waals surface area contributed by atoms with E-state index < -0.39 is 11.9 Å². The first-order chi connectivity index (χ1) is 7.60. The second-order valence-electron chi connectivity index (χ2n) is 3.18. The Morgan fingerprint density at radius 3 is 3.06 bits per heavy atom. The van der Waals surface area contributed by atoms with Gasteiger partial charge in [-0.3, -0.25) is 0 Å². The van der Waals surface area contributed by atoms with E-state index in [0.29, 0.717) is 14.8 Å². The molecule has 0 bridgehead atoms. The number of thiazole rings is 1. The predicted octanol–water partition coefficient (Wildman–Crippen LogP) is 2.24. The van der Waals surface area contributed by atoms with E-state index >= 15 is 0 Å². The average Bonchev–Trinajstić information content (AvgIpc) is 2.58. The number of hydrogen-bond donors (Lipinski definition) is 1. The summed E-state index contributed by atoms with van der Waals surface area (Å²) in [5, 5.41) is 8.80. The maximum atomic E-state index is 13.5. The van der Waals surface area contributed by atoms with Crippen molar-refractivity contribution in [1.29, 1.82) is 0 Å². The summed E-state index contributed by atoms with van der Waals surface area (Å²) in [5.74, 6) is -0.760. The van der Waals surface area contributed by atoms with E-state index in [-0.39, 0.29) is 12.5 Å². The van der Waals surface area contributed by atoms with Crippen LogP contribution in [0.25, 0.3) is 10.3 Å². The molecule has 0 aliphatic carbocycles. The Morgan fingerprint density at radius 1 is 1.62 bits per heavy atom. The van der Waals surface area contributed by atoms with Crippen molar-refractivity contribution in [3.8, 4) is 5.88 Å². The fraction of sp³-hybridized carbons (Fsp3) is 0.333. The quantitative estimate of drug-likeness (QED) is 0.922. The highest BCUT2D eigenvalue weighted by Crippen LogP contribution is 2.28. The highest BCUT2D eigenvalue weighted by molar-refractivity contribution is 7.21. The van der Waals surface area contributed by atoms with Crippen molar-refractivity contribution in [3.63, 3.8) is 0 Å². The number of aliphatic hydroxyl groups is 1. The summed E-state index contributed by atoms with van der Waals surface area (Å²) >= 11 is 6.83. The van der Waals surface area contributed by atoms with Crippen molar-refractivity contribution >= 4 is 33.3 Å². The Kier molecular flexibility index (Phi) is 3.22. The molecule has 2 aromatic rings. The van der Waals surface area contributed by atoms with Crippen LogP contribution in [0.4, 0.5) is 4.39 Å². The Bertz CT molecular complexity index is 519. The van der Waals surface area contributed by atoms with E-state index in [1.54, 1.807) is 6.92 Å². The van der Waals surface area contributed by atoms with Crippen LogP contribution in [-0.2, 0) is 0 Å². The lowest BCUT2D eigenvalue weighted by Crippen LogP contribution is -2.17. The number of rotatable bonds is 3. The minimum atomic E-state index is -0.616. The maximum absolute atomic E-state index is 13.5. The molecule has 0 spiro atoms. The molecule has 0 aliphatic heterocycles. The van der Waals surface area contributed by atoms with Crippen LogP contribution in [0.2, 0.25) is 4.47 Å². The minimum Gasteiger partial charge on any atom is -0.470 e. The van der Waals surface area contributed by atoms with Gasteiger partial charge in [0.15, 0.2) is 10.3 Å². The normalized spacial score (nSPS) is 13.0. The molecule has 2 heterocycles.